The Balaban J connectivity index is 3.04. The van der Waals surface area contributed by atoms with Crippen molar-refractivity contribution < 1.29 is 13.2 Å². The first-order valence-electron chi connectivity index (χ1n) is 7.56. The SMILES string of the molecule is CSCCC(NS(=O)(=O)c1cc(C)ccc1C)C(=O)NC(C)C. The summed E-state index contributed by atoms with van der Waals surface area (Å²) in [6.07, 6.45) is 2.38. The van der Waals surface area contributed by atoms with E-state index in [1.54, 1.807) is 30.8 Å². The molecule has 2 N–H and O–H groups in total. The molecule has 0 saturated heterocycles. The molecule has 1 aromatic carbocycles. The first-order valence-corrected chi connectivity index (χ1v) is 10.4. The maximum atomic E-state index is 12.7. The topological polar surface area (TPSA) is 75.3 Å². The molecule has 130 valence electrons. The number of benzene rings is 1. The third-order valence-electron chi connectivity index (χ3n) is 3.29. The molecule has 0 saturated carbocycles. The van der Waals surface area contributed by atoms with Crippen LogP contribution in [0, 0.1) is 13.8 Å². The Kier molecular flexibility index (Phi) is 7.57. The summed E-state index contributed by atoms with van der Waals surface area (Å²) in [5, 5.41) is 2.78. The molecule has 1 rings (SSSR count). The van der Waals surface area contributed by atoms with Crippen LogP contribution in [0.25, 0.3) is 0 Å². The molecule has 0 heterocycles. The normalized spacial score (nSPS) is 13.1. The van der Waals surface area contributed by atoms with Gasteiger partial charge in [-0.1, -0.05) is 12.1 Å². The van der Waals surface area contributed by atoms with Gasteiger partial charge < -0.3 is 5.32 Å². The predicted molar refractivity (Wildman–Crippen MR) is 96.3 cm³/mol. The number of hydrogen-bond donors (Lipinski definition) is 2. The van der Waals surface area contributed by atoms with Crippen LogP contribution in [0.4, 0.5) is 0 Å². The number of amides is 1. The Bertz CT molecular complexity index is 643. The van der Waals surface area contributed by atoms with E-state index in [2.05, 4.69) is 10.0 Å². The Morgan fingerprint density at radius 1 is 1.26 bits per heavy atom. The summed E-state index contributed by atoms with van der Waals surface area (Å²) in [7, 11) is -3.74. The average Bonchev–Trinajstić information content (AvgIpc) is 2.45. The number of thioether (sulfide) groups is 1. The second-order valence-corrected chi connectivity index (χ2v) is 8.56. The second-order valence-electron chi connectivity index (χ2n) is 5.89. The Hall–Kier alpha value is -1.05. The summed E-state index contributed by atoms with van der Waals surface area (Å²) < 4.78 is 27.9. The van der Waals surface area contributed by atoms with E-state index >= 15 is 0 Å². The summed E-state index contributed by atoms with van der Waals surface area (Å²) in [6.45, 7) is 7.29. The maximum Gasteiger partial charge on any atom is 0.241 e. The highest BCUT2D eigenvalue weighted by Gasteiger charge is 2.26. The van der Waals surface area contributed by atoms with Crippen LogP contribution in [0.1, 0.15) is 31.4 Å². The van der Waals surface area contributed by atoms with Gasteiger partial charge in [-0.15, -0.1) is 0 Å². The van der Waals surface area contributed by atoms with Crippen LogP contribution in [0.3, 0.4) is 0 Å². The molecule has 1 aromatic rings. The number of carbonyl (C=O) groups is 1. The number of rotatable bonds is 8. The minimum Gasteiger partial charge on any atom is -0.353 e. The van der Waals surface area contributed by atoms with Crippen molar-refractivity contribution in [3.8, 4) is 0 Å². The molecule has 0 spiro atoms. The van der Waals surface area contributed by atoms with Crippen LogP contribution in [-0.4, -0.2) is 38.4 Å². The molecule has 0 aliphatic carbocycles. The van der Waals surface area contributed by atoms with Crippen molar-refractivity contribution in [3.63, 3.8) is 0 Å². The van der Waals surface area contributed by atoms with Crippen molar-refractivity contribution in [2.45, 2.75) is 51.1 Å². The molecule has 0 aliphatic heterocycles. The third kappa shape index (κ3) is 6.16. The minimum absolute atomic E-state index is 0.0375. The van der Waals surface area contributed by atoms with Gasteiger partial charge in [-0.3, -0.25) is 4.79 Å². The largest absolute Gasteiger partial charge is 0.353 e. The molecule has 1 unspecified atom stereocenters. The number of hydrogen-bond acceptors (Lipinski definition) is 4. The molecule has 0 aromatic heterocycles. The van der Waals surface area contributed by atoms with Crippen molar-refractivity contribution in [3.05, 3.63) is 29.3 Å². The van der Waals surface area contributed by atoms with Crippen LogP contribution in [0.2, 0.25) is 0 Å². The summed E-state index contributed by atoms with van der Waals surface area (Å²) in [6, 6.07) is 4.46. The monoisotopic (exact) mass is 358 g/mol. The molecule has 0 aliphatic rings. The van der Waals surface area contributed by atoms with E-state index in [0.717, 1.165) is 5.56 Å². The molecule has 5 nitrogen and oxygen atoms in total. The smallest absolute Gasteiger partial charge is 0.241 e. The summed E-state index contributed by atoms with van der Waals surface area (Å²) in [5.41, 5.74) is 1.53. The molecule has 1 amide bonds. The van der Waals surface area contributed by atoms with E-state index in [1.165, 1.54) is 0 Å². The lowest BCUT2D eigenvalue weighted by Gasteiger charge is -2.20. The predicted octanol–water partition coefficient (Wildman–Crippen LogP) is 2.23. The Morgan fingerprint density at radius 2 is 1.91 bits per heavy atom. The zero-order chi connectivity index (χ0) is 17.6. The van der Waals surface area contributed by atoms with Gasteiger partial charge in [0.05, 0.1) is 4.90 Å². The van der Waals surface area contributed by atoms with Gasteiger partial charge in [-0.05, 0) is 63.3 Å². The quantitative estimate of drug-likeness (QED) is 0.747. The van der Waals surface area contributed by atoms with Gasteiger partial charge >= 0.3 is 0 Å². The summed E-state index contributed by atoms with van der Waals surface area (Å²) in [4.78, 5) is 12.5. The number of sulfonamides is 1. The van der Waals surface area contributed by atoms with Crippen LogP contribution in [0.5, 0.6) is 0 Å². The van der Waals surface area contributed by atoms with E-state index in [9.17, 15) is 13.2 Å². The standard InChI is InChI=1S/C16H26N2O3S2/c1-11(2)17-16(19)14(8-9-22-5)18-23(20,21)15-10-12(3)6-7-13(15)4/h6-7,10-11,14,18H,8-9H2,1-5H3,(H,17,19). The third-order valence-corrected chi connectivity index (χ3v) is 5.55. The lowest BCUT2D eigenvalue weighted by molar-refractivity contribution is -0.123. The maximum absolute atomic E-state index is 12.7. The van der Waals surface area contributed by atoms with Gasteiger partial charge in [-0.2, -0.15) is 16.5 Å². The highest BCUT2D eigenvalue weighted by atomic mass is 32.2. The van der Waals surface area contributed by atoms with Gasteiger partial charge in [0.15, 0.2) is 0 Å². The highest BCUT2D eigenvalue weighted by molar-refractivity contribution is 7.98. The van der Waals surface area contributed by atoms with Crippen LogP contribution >= 0.6 is 11.8 Å². The lowest BCUT2D eigenvalue weighted by atomic mass is 10.2. The van der Waals surface area contributed by atoms with Crippen LogP contribution in [-0.2, 0) is 14.8 Å². The molecular formula is C16H26N2O3S2. The van der Waals surface area contributed by atoms with E-state index in [0.29, 0.717) is 17.7 Å². The fourth-order valence-electron chi connectivity index (χ4n) is 2.11. The van der Waals surface area contributed by atoms with E-state index < -0.39 is 16.1 Å². The van der Waals surface area contributed by atoms with Crippen molar-refractivity contribution in [1.82, 2.24) is 10.0 Å². The minimum atomic E-state index is -3.74. The van der Waals surface area contributed by atoms with Gasteiger partial charge in [0.2, 0.25) is 15.9 Å². The first kappa shape index (κ1) is 20.0. The molecule has 1 atom stereocenters. The van der Waals surface area contributed by atoms with E-state index in [1.807, 2.05) is 33.1 Å². The van der Waals surface area contributed by atoms with Gasteiger partial charge in [0, 0.05) is 6.04 Å². The first-order chi connectivity index (χ1) is 10.7. The van der Waals surface area contributed by atoms with Crippen molar-refractivity contribution >= 4 is 27.7 Å². The van der Waals surface area contributed by atoms with Crippen LogP contribution in [0.15, 0.2) is 23.1 Å². The molecule has 0 radical (unpaired) electrons. The van der Waals surface area contributed by atoms with E-state index in [-0.39, 0.29) is 16.8 Å². The fourth-order valence-corrected chi connectivity index (χ4v) is 4.14. The molecule has 23 heavy (non-hydrogen) atoms. The molecule has 7 heteroatoms. The lowest BCUT2D eigenvalue weighted by Crippen LogP contribution is -2.48. The number of aryl methyl sites for hydroxylation is 2. The molecule has 0 fully saturated rings. The fraction of sp³-hybridized carbons (Fsp3) is 0.562. The highest BCUT2D eigenvalue weighted by Crippen LogP contribution is 2.17. The van der Waals surface area contributed by atoms with Crippen molar-refractivity contribution in [2.75, 3.05) is 12.0 Å². The second kappa shape index (κ2) is 8.70. The van der Waals surface area contributed by atoms with Gasteiger partial charge in [-0.25, -0.2) is 8.42 Å². The summed E-state index contributed by atoms with van der Waals surface area (Å²) >= 11 is 1.58. The van der Waals surface area contributed by atoms with Crippen LogP contribution < -0.4 is 10.0 Å². The van der Waals surface area contributed by atoms with Gasteiger partial charge in [0.25, 0.3) is 0 Å². The van der Waals surface area contributed by atoms with Crippen molar-refractivity contribution in [1.29, 1.82) is 0 Å². The Morgan fingerprint density at radius 3 is 2.48 bits per heavy atom. The number of carbonyl (C=O) groups excluding carboxylic acids is 1. The zero-order valence-electron chi connectivity index (χ0n) is 14.3. The van der Waals surface area contributed by atoms with Gasteiger partial charge in [0.1, 0.15) is 6.04 Å². The summed E-state index contributed by atoms with van der Waals surface area (Å²) in [5.74, 6) is 0.411. The zero-order valence-corrected chi connectivity index (χ0v) is 16.0. The van der Waals surface area contributed by atoms with E-state index in [4.69, 9.17) is 0 Å². The molecule has 0 bridgehead atoms. The average molecular weight is 359 g/mol. The Labute approximate surface area is 143 Å². The number of nitrogens with one attached hydrogen (secondary N) is 2. The van der Waals surface area contributed by atoms with Crippen molar-refractivity contribution in [2.24, 2.45) is 0 Å². The molecular weight excluding hydrogens is 332 g/mol.